The molecule has 0 amide bonds. The molecule has 0 N–H and O–H groups in total. The van der Waals surface area contributed by atoms with Crippen molar-refractivity contribution < 1.29 is 116 Å². The highest BCUT2D eigenvalue weighted by atomic mass is 28.5. The van der Waals surface area contributed by atoms with Crippen LogP contribution in [0.1, 0.15) is 98.3 Å². The van der Waals surface area contributed by atoms with E-state index in [-0.39, 0.29) is 18.3 Å². The van der Waals surface area contributed by atoms with Crippen LogP contribution in [0.2, 0.25) is 152 Å². The van der Waals surface area contributed by atoms with Crippen molar-refractivity contribution >= 4 is 103 Å². The first-order valence-electron chi connectivity index (χ1n) is 40.5. The second-order valence-electron chi connectivity index (χ2n) is 33.0. The third-order valence-electron chi connectivity index (χ3n) is 19.4. The van der Waals surface area contributed by atoms with Crippen molar-refractivity contribution in [2.75, 3.05) is 139 Å². The molecule has 0 aromatic carbocycles. The Labute approximate surface area is 645 Å². The van der Waals surface area contributed by atoms with Crippen LogP contribution < -0.4 is 0 Å². The molecule has 105 heavy (non-hydrogen) atoms. The molecule has 15 atom stereocenters. The average Bonchev–Trinajstić information content (AvgIpc) is 1.69. The maximum Gasteiger partial charge on any atom is 0.317 e. The largest absolute Gasteiger partial charge is 0.416 e. The van der Waals surface area contributed by atoms with Crippen LogP contribution in [-0.4, -0.2) is 284 Å². The highest BCUT2D eigenvalue weighted by Gasteiger charge is 2.59. The lowest BCUT2D eigenvalue weighted by Crippen LogP contribution is -2.67. The first kappa shape index (κ1) is 92.1. The van der Waals surface area contributed by atoms with E-state index in [1.54, 1.807) is 0 Å². The van der Waals surface area contributed by atoms with E-state index in [0.29, 0.717) is 117 Å². The molecule has 10 aliphatic rings. The zero-order valence-electron chi connectivity index (χ0n) is 68.1. The van der Waals surface area contributed by atoms with Crippen molar-refractivity contribution in [1.29, 1.82) is 0 Å². The van der Waals surface area contributed by atoms with Gasteiger partial charge in [-0.05, 0) is 197 Å². The molecular weight excluding hydrogens is 1560 g/mol. The zero-order chi connectivity index (χ0) is 75.8. The van der Waals surface area contributed by atoms with Gasteiger partial charge in [0.2, 0.25) is 0 Å². The van der Waals surface area contributed by atoms with Gasteiger partial charge in [0.25, 0.3) is 0 Å². The summed E-state index contributed by atoms with van der Waals surface area (Å²) in [6, 6.07) is 9.99. The molecular formula is C67H144O26Si12. The molecule has 0 spiro atoms. The predicted octanol–water partition coefficient (Wildman–Crippen LogP) is 13.0. The zero-order valence-corrected chi connectivity index (χ0v) is 80.1. The Bertz CT molecular complexity index is 2340. The van der Waals surface area contributed by atoms with E-state index in [1.165, 1.54) is 0 Å². The van der Waals surface area contributed by atoms with Crippen molar-refractivity contribution in [3.8, 4) is 0 Å². The van der Waals surface area contributed by atoms with E-state index in [1.807, 2.05) is 0 Å². The van der Waals surface area contributed by atoms with Gasteiger partial charge in [-0.2, -0.15) is 0 Å². The lowest BCUT2D eigenvalue weighted by molar-refractivity contribution is 0.112. The Morgan fingerprint density at radius 3 is 0.448 bits per heavy atom. The van der Waals surface area contributed by atoms with Crippen LogP contribution in [0, 0.1) is 0 Å². The van der Waals surface area contributed by atoms with Crippen LogP contribution >= 0.6 is 0 Å². The molecule has 10 saturated heterocycles. The summed E-state index contributed by atoms with van der Waals surface area (Å²) in [5.74, 6) is 0. The van der Waals surface area contributed by atoms with Crippen molar-refractivity contribution in [3.05, 3.63) is 0 Å². The Kier molecular flexibility index (Phi) is 37.8. The summed E-state index contributed by atoms with van der Waals surface area (Å²) in [7, 11) is -30.0. The number of hydrogen-bond acceptors (Lipinski definition) is 26. The highest BCUT2D eigenvalue weighted by molar-refractivity contribution is 6.96. The highest BCUT2D eigenvalue weighted by Crippen LogP contribution is 2.43. The Balaban J connectivity index is 0.000000200. The third-order valence-corrected chi connectivity index (χ3v) is 75.8. The van der Waals surface area contributed by atoms with Crippen molar-refractivity contribution in [2.24, 2.45) is 0 Å². The topological polar surface area (TPSA) is 263 Å². The van der Waals surface area contributed by atoms with Gasteiger partial charge in [0.05, 0.1) is 92.5 Å². The molecule has 616 valence electrons. The van der Waals surface area contributed by atoms with Crippen molar-refractivity contribution in [3.63, 3.8) is 0 Å². The Hall–Kier alpha value is 1.56. The second kappa shape index (κ2) is 43.1. The molecule has 0 aliphatic carbocycles. The number of hydrogen-bond donors (Lipinski definition) is 0. The lowest BCUT2D eigenvalue weighted by Gasteiger charge is -2.50. The molecule has 0 aromatic heterocycles. The smallest absolute Gasteiger partial charge is 0.317 e. The minimum absolute atomic E-state index is 0.281. The van der Waals surface area contributed by atoms with Crippen molar-refractivity contribution in [1.82, 2.24) is 0 Å². The molecule has 0 aromatic rings. The summed E-state index contributed by atoms with van der Waals surface area (Å²) in [6.45, 7) is 52.9. The molecule has 10 fully saturated rings. The minimum atomic E-state index is -2.63. The molecule has 10 aliphatic heterocycles. The fourth-order valence-corrected chi connectivity index (χ4v) is 84.4. The van der Waals surface area contributed by atoms with Gasteiger partial charge in [-0.25, -0.2) is 0 Å². The van der Waals surface area contributed by atoms with Gasteiger partial charge in [0.15, 0.2) is 0 Å². The molecule has 10 rings (SSSR count). The van der Waals surface area contributed by atoms with Gasteiger partial charge in [0, 0.05) is 46.2 Å². The van der Waals surface area contributed by atoms with E-state index in [2.05, 4.69) is 113 Å². The molecule has 38 heteroatoms. The van der Waals surface area contributed by atoms with Crippen LogP contribution in [0.4, 0.5) is 0 Å². The maximum atomic E-state index is 7.17. The van der Waals surface area contributed by atoms with E-state index in [9.17, 15) is 0 Å². The fraction of sp³-hybridized carbons (Fsp3) is 1.00. The number of rotatable bonds is 50. The Morgan fingerprint density at radius 1 is 0.200 bits per heavy atom. The summed E-state index contributed by atoms with van der Waals surface area (Å²) in [6.07, 6.45) is 12.6. The molecule has 0 radical (unpaired) electrons. The summed E-state index contributed by atoms with van der Waals surface area (Å²) >= 11 is 0. The minimum Gasteiger partial charge on any atom is -0.416 e. The second-order valence-corrected chi connectivity index (χ2v) is 76.1. The summed E-state index contributed by atoms with van der Waals surface area (Å²) in [5.41, 5.74) is 0. The van der Waals surface area contributed by atoms with Gasteiger partial charge in [-0.15, -0.1) is 0 Å². The molecule has 15 unspecified atom stereocenters. The summed E-state index contributed by atoms with van der Waals surface area (Å²) in [4.78, 5) is 0. The third kappa shape index (κ3) is 37.6. The van der Waals surface area contributed by atoms with Crippen LogP contribution in [0.5, 0.6) is 0 Å². The number of ether oxygens (including phenoxy) is 14. The van der Waals surface area contributed by atoms with Gasteiger partial charge in [-0.3, -0.25) is 0 Å². The van der Waals surface area contributed by atoms with Crippen LogP contribution in [0.3, 0.4) is 0 Å². The normalized spacial score (nSPS) is 39.6. The lowest BCUT2D eigenvalue weighted by atomic mass is 10.5. The van der Waals surface area contributed by atoms with Crippen molar-refractivity contribution in [2.45, 2.75) is 293 Å². The number of epoxide rings is 7. The van der Waals surface area contributed by atoms with Crippen LogP contribution in [-0.2, 0) is 116 Å². The first-order valence-corrected chi connectivity index (χ1v) is 71.1. The van der Waals surface area contributed by atoms with Gasteiger partial charge < -0.3 is 116 Å². The monoisotopic (exact) mass is 1700 g/mol. The van der Waals surface area contributed by atoms with E-state index in [4.69, 9.17) is 116 Å². The predicted molar refractivity (Wildman–Crippen MR) is 429 cm³/mol. The average molecular weight is 1700 g/mol. The van der Waals surface area contributed by atoms with Crippen LogP contribution in [0.15, 0.2) is 0 Å². The first-order chi connectivity index (χ1) is 49.8. The fourth-order valence-electron chi connectivity index (χ4n) is 14.9. The molecule has 10 heterocycles. The quantitative estimate of drug-likeness (QED) is 0.0311. The molecule has 26 nitrogen and oxygen atoms in total. The van der Waals surface area contributed by atoms with Gasteiger partial charge in [0.1, 0.15) is 42.7 Å². The summed E-state index contributed by atoms with van der Waals surface area (Å²) < 4.78 is 162. The molecule has 0 bridgehead atoms. The van der Waals surface area contributed by atoms with E-state index in [0.717, 1.165) is 183 Å². The van der Waals surface area contributed by atoms with Crippen LogP contribution in [0.25, 0.3) is 0 Å². The van der Waals surface area contributed by atoms with E-state index >= 15 is 0 Å². The Morgan fingerprint density at radius 2 is 0.324 bits per heavy atom. The molecule has 0 saturated carbocycles. The van der Waals surface area contributed by atoms with E-state index < -0.39 is 103 Å². The van der Waals surface area contributed by atoms with Gasteiger partial charge >= 0.3 is 103 Å². The SMILES string of the molecule is CCC[Si]1(C)O[Si](C)(CCC)O[Si](C)(CCCOCC2CO2)O[Si](C)(CCCOCC2CO2)O1.CCC[Si]1(C)O[Si](C)(CCCOCC2CO2)O[Si](C)(C)O[Si](C)(CCCOCC2CO2)O1.CCC[Si]1(C)O[Si](C)(CCCOCC2CO2)O[Si](C)(CCCOCC2CO2)O[Si](C)(CCCOCC2CO2)O1. The maximum absolute atomic E-state index is 7.17. The van der Waals surface area contributed by atoms with Gasteiger partial charge in [-0.1, -0.05) is 53.4 Å². The summed E-state index contributed by atoms with van der Waals surface area (Å²) in [5, 5.41) is 0. The standard InChI is InChI=1S/C25H52O10Si4.C22H48O8Si4.C20H44O8Si4/c1-6-13-36(2)32-37(3,14-7-10-26-17-23-20-29-23)34-39(5,16-9-12-28-19-25-22-31-25)35-38(4,33-36)15-8-11-27-18-24-21-30-24;1-7-13-31(3)27-32(4,14-8-2)29-34(6,16-10-12-24-18-22-20-26-22)30-33(5,28-31)15-9-11-23-17-21-19-25-21;1-7-12-30(4)27-31(5,13-8-10-21-15-19-17-23-19)25-29(2,3)26-32(6,28-30)14-9-11-22-16-20-18-24-20/h23-25H,6-22H2,1-5H3;21-22H,7-20H2,1-6H3;19-20H,7-18H2,1-6H3.